The molecule has 2 aromatic carbocycles. The van der Waals surface area contributed by atoms with Gasteiger partial charge in [0.25, 0.3) is 0 Å². The highest BCUT2D eigenvalue weighted by Crippen LogP contribution is 2.37. The Kier molecular flexibility index (Phi) is 5.97. The molecule has 1 fully saturated rings. The topological polar surface area (TPSA) is 24.5 Å². The van der Waals surface area contributed by atoms with Crippen molar-refractivity contribution in [2.24, 2.45) is 0 Å². The minimum atomic E-state index is -1.78. The maximum atomic E-state index is 6.42. The SMILES string of the molecule is CC(C)(C)[Si](C)(C)Oc1ccc(N2CCN[C@@H](Cc3ccccc3)C2)cc1. The van der Waals surface area contributed by atoms with Crippen molar-refractivity contribution in [3.05, 3.63) is 60.2 Å². The van der Waals surface area contributed by atoms with Gasteiger partial charge in [-0.15, -0.1) is 0 Å². The van der Waals surface area contributed by atoms with Gasteiger partial charge in [-0.05, 0) is 54.4 Å². The molecule has 0 bridgehead atoms. The van der Waals surface area contributed by atoms with Gasteiger partial charge in [0.2, 0.25) is 8.32 Å². The Hall–Kier alpha value is -1.78. The number of piperazine rings is 1. The van der Waals surface area contributed by atoms with Gasteiger partial charge in [0.05, 0.1) is 0 Å². The average molecular weight is 383 g/mol. The molecule has 0 unspecified atom stereocenters. The second-order valence-electron chi connectivity index (χ2n) is 9.14. The van der Waals surface area contributed by atoms with Crippen molar-refractivity contribution >= 4 is 14.0 Å². The summed E-state index contributed by atoms with van der Waals surface area (Å²) in [5.74, 6) is 1.00. The van der Waals surface area contributed by atoms with Gasteiger partial charge in [-0.2, -0.15) is 0 Å². The molecule has 1 saturated heterocycles. The largest absolute Gasteiger partial charge is 0.544 e. The molecule has 27 heavy (non-hydrogen) atoms. The molecule has 3 rings (SSSR count). The minimum absolute atomic E-state index is 0.217. The van der Waals surface area contributed by atoms with E-state index in [4.69, 9.17) is 4.43 Å². The Labute approximate surface area is 165 Å². The summed E-state index contributed by atoms with van der Waals surface area (Å²) in [6.07, 6.45) is 1.07. The number of nitrogens with one attached hydrogen (secondary N) is 1. The average Bonchev–Trinajstić information content (AvgIpc) is 2.62. The molecule has 0 spiro atoms. The smallest absolute Gasteiger partial charge is 0.250 e. The summed E-state index contributed by atoms with van der Waals surface area (Å²) in [6, 6.07) is 20.0. The number of rotatable bonds is 5. The molecule has 1 N–H and O–H groups in total. The first kappa shape index (κ1) is 20.0. The summed E-state index contributed by atoms with van der Waals surface area (Å²) in [4.78, 5) is 2.49. The maximum Gasteiger partial charge on any atom is 0.250 e. The summed E-state index contributed by atoms with van der Waals surface area (Å²) >= 11 is 0. The standard InChI is InChI=1S/C23H34N2OSi/c1-23(2,3)27(4,5)26-22-13-11-21(12-14-22)25-16-15-24-20(18-25)17-19-9-7-6-8-10-19/h6-14,20,24H,15-18H2,1-5H3/t20-/m0/s1. The van der Waals surface area contributed by atoms with Crippen LogP contribution in [-0.2, 0) is 6.42 Å². The molecule has 0 amide bonds. The first-order valence-corrected chi connectivity index (χ1v) is 13.0. The number of hydrogen-bond donors (Lipinski definition) is 1. The van der Waals surface area contributed by atoms with Gasteiger partial charge in [0, 0.05) is 31.4 Å². The third-order valence-corrected chi connectivity index (χ3v) is 10.3. The number of hydrogen-bond acceptors (Lipinski definition) is 3. The molecule has 1 heterocycles. The second-order valence-corrected chi connectivity index (χ2v) is 13.9. The maximum absolute atomic E-state index is 6.42. The summed E-state index contributed by atoms with van der Waals surface area (Å²) < 4.78 is 6.42. The Morgan fingerprint density at radius 3 is 2.33 bits per heavy atom. The van der Waals surface area contributed by atoms with Crippen molar-refractivity contribution in [3.8, 4) is 5.75 Å². The quantitative estimate of drug-likeness (QED) is 0.729. The summed E-state index contributed by atoms with van der Waals surface area (Å²) in [7, 11) is -1.78. The van der Waals surface area contributed by atoms with Gasteiger partial charge < -0.3 is 14.6 Å². The van der Waals surface area contributed by atoms with Gasteiger partial charge in [0.15, 0.2) is 0 Å². The molecule has 0 aliphatic carbocycles. The first-order valence-electron chi connectivity index (χ1n) is 10.1. The molecular weight excluding hydrogens is 348 g/mol. The molecular formula is C23H34N2OSi. The molecule has 0 aromatic heterocycles. The lowest BCUT2D eigenvalue weighted by molar-refractivity contribution is 0.454. The predicted octanol–water partition coefficient (Wildman–Crippen LogP) is 5.09. The third kappa shape index (κ3) is 5.14. The highest BCUT2D eigenvalue weighted by molar-refractivity contribution is 6.74. The molecule has 1 aliphatic heterocycles. The van der Waals surface area contributed by atoms with Crippen LogP contribution in [0.1, 0.15) is 26.3 Å². The molecule has 0 saturated carbocycles. The first-order chi connectivity index (χ1) is 12.7. The number of benzene rings is 2. The number of nitrogens with zero attached hydrogens (tertiary/aromatic N) is 1. The Morgan fingerprint density at radius 2 is 1.70 bits per heavy atom. The van der Waals surface area contributed by atoms with Crippen LogP contribution in [0, 0.1) is 0 Å². The molecule has 2 aromatic rings. The lowest BCUT2D eigenvalue weighted by atomic mass is 10.0. The van der Waals surface area contributed by atoms with Crippen LogP contribution < -0.4 is 14.6 Å². The van der Waals surface area contributed by atoms with E-state index in [2.05, 4.69) is 98.7 Å². The zero-order valence-electron chi connectivity index (χ0n) is 17.5. The van der Waals surface area contributed by atoms with Gasteiger partial charge in [-0.25, -0.2) is 0 Å². The van der Waals surface area contributed by atoms with E-state index in [0.29, 0.717) is 6.04 Å². The lowest BCUT2D eigenvalue weighted by Crippen LogP contribution is -2.51. The third-order valence-electron chi connectivity index (χ3n) is 5.96. The zero-order chi connectivity index (χ0) is 19.5. The van der Waals surface area contributed by atoms with Crippen molar-refractivity contribution in [1.29, 1.82) is 0 Å². The summed E-state index contributed by atoms with van der Waals surface area (Å²) in [5.41, 5.74) is 2.69. The van der Waals surface area contributed by atoms with E-state index in [0.717, 1.165) is 31.8 Å². The highest BCUT2D eigenvalue weighted by atomic mass is 28.4. The van der Waals surface area contributed by atoms with E-state index in [-0.39, 0.29) is 5.04 Å². The van der Waals surface area contributed by atoms with Crippen molar-refractivity contribution in [3.63, 3.8) is 0 Å². The van der Waals surface area contributed by atoms with Crippen LogP contribution in [0.3, 0.4) is 0 Å². The highest BCUT2D eigenvalue weighted by Gasteiger charge is 2.38. The summed E-state index contributed by atoms with van der Waals surface area (Å²) in [5, 5.41) is 3.88. The van der Waals surface area contributed by atoms with Crippen molar-refractivity contribution in [2.75, 3.05) is 24.5 Å². The van der Waals surface area contributed by atoms with Crippen LogP contribution in [0.4, 0.5) is 5.69 Å². The van der Waals surface area contributed by atoms with Crippen molar-refractivity contribution < 1.29 is 4.43 Å². The van der Waals surface area contributed by atoms with Crippen LogP contribution in [0.25, 0.3) is 0 Å². The minimum Gasteiger partial charge on any atom is -0.544 e. The zero-order valence-corrected chi connectivity index (χ0v) is 18.5. The van der Waals surface area contributed by atoms with E-state index in [1.165, 1.54) is 11.3 Å². The van der Waals surface area contributed by atoms with Crippen molar-refractivity contribution in [1.82, 2.24) is 5.32 Å². The normalized spacial score (nSPS) is 18.4. The fourth-order valence-corrected chi connectivity index (χ4v) is 4.30. The van der Waals surface area contributed by atoms with Gasteiger partial charge in [-0.1, -0.05) is 51.1 Å². The second kappa shape index (κ2) is 8.07. The van der Waals surface area contributed by atoms with E-state index in [1.54, 1.807) is 0 Å². The Balaban J connectivity index is 1.63. The Morgan fingerprint density at radius 1 is 1.04 bits per heavy atom. The molecule has 1 aliphatic rings. The fourth-order valence-electron chi connectivity index (χ4n) is 3.27. The van der Waals surface area contributed by atoms with Crippen LogP contribution in [0.5, 0.6) is 5.75 Å². The monoisotopic (exact) mass is 382 g/mol. The fraction of sp³-hybridized carbons (Fsp3) is 0.478. The lowest BCUT2D eigenvalue weighted by Gasteiger charge is -2.37. The van der Waals surface area contributed by atoms with Crippen LogP contribution >= 0.6 is 0 Å². The van der Waals surface area contributed by atoms with E-state index in [1.807, 2.05) is 0 Å². The molecule has 4 heteroatoms. The predicted molar refractivity (Wildman–Crippen MR) is 118 cm³/mol. The molecule has 146 valence electrons. The van der Waals surface area contributed by atoms with Gasteiger partial charge in [-0.3, -0.25) is 0 Å². The van der Waals surface area contributed by atoms with E-state index < -0.39 is 8.32 Å². The summed E-state index contributed by atoms with van der Waals surface area (Å²) in [6.45, 7) is 14.5. The molecule has 3 nitrogen and oxygen atoms in total. The number of anilines is 1. The van der Waals surface area contributed by atoms with E-state index >= 15 is 0 Å². The molecule has 0 radical (unpaired) electrons. The van der Waals surface area contributed by atoms with E-state index in [9.17, 15) is 0 Å². The van der Waals surface area contributed by atoms with Gasteiger partial charge in [0.1, 0.15) is 5.75 Å². The van der Waals surface area contributed by atoms with Crippen LogP contribution in [0.15, 0.2) is 54.6 Å². The van der Waals surface area contributed by atoms with Crippen LogP contribution in [-0.4, -0.2) is 34.0 Å². The Bertz CT molecular complexity index is 722. The molecule has 1 atom stereocenters. The van der Waals surface area contributed by atoms with Gasteiger partial charge >= 0.3 is 0 Å². The van der Waals surface area contributed by atoms with Crippen LogP contribution in [0.2, 0.25) is 18.1 Å². The van der Waals surface area contributed by atoms with Crippen molar-refractivity contribution in [2.45, 2.75) is 51.4 Å².